The Labute approximate surface area is 123 Å². The van der Waals surface area contributed by atoms with Crippen LogP contribution in [-0.2, 0) is 5.75 Å². The summed E-state index contributed by atoms with van der Waals surface area (Å²) in [4.78, 5) is 5.78. The molecule has 5 heteroatoms. The number of nitrogens with one attached hydrogen (secondary N) is 1. The first-order valence-electron chi connectivity index (χ1n) is 6.98. The smallest absolute Gasteiger partial charge is 0.231 e. The second-order valence-electron chi connectivity index (χ2n) is 5.29. The maximum Gasteiger partial charge on any atom is 0.231 e. The molecule has 1 aromatic carbocycles. The molecule has 3 rings (SSSR count). The van der Waals surface area contributed by atoms with Crippen LogP contribution in [0, 0.1) is 6.92 Å². The van der Waals surface area contributed by atoms with E-state index >= 15 is 0 Å². The fourth-order valence-corrected chi connectivity index (χ4v) is 3.38. The van der Waals surface area contributed by atoms with E-state index in [1.54, 1.807) is 11.8 Å². The van der Waals surface area contributed by atoms with Crippen molar-refractivity contribution in [3.63, 3.8) is 0 Å². The van der Waals surface area contributed by atoms with Gasteiger partial charge in [-0.1, -0.05) is 22.9 Å². The van der Waals surface area contributed by atoms with Crippen LogP contribution in [0.15, 0.2) is 33.7 Å². The van der Waals surface area contributed by atoms with Crippen molar-refractivity contribution in [1.29, 1.82) is 0 Å². The number of hydrogen-bond donors (Lipinski definition) is 1. The number of thioether (sulfide) groups is 1. The highest BCUT2D eigenvalue weighted by Gasteiger charge is 2.29. The summed E-state index contributed by atoms with van der Waals surface area (Å²) in [5.74, 6) is 2.68. The van der Waals surface area contributed by atoms with Gasteiger partial charge in [0.2, 0.25) is 5.89 Å². The number of nitrogens with zero attached hydrogens (tertiary/aromatic N) is 2. The molecule has 0 bridgehead atoms. The molecule has 2 aromatic rings. The first-order valence-corrected chi connectivity index (χ1v) is 7.96. The highest BCUT2D eigenvalue weighted by Crippen LogP contribution is 2.27. The van der Waals surface area contributed by atoms with E-state index in [4.69, 9.17) is 4.52 Å². The lowest BCUT2D eigenvalue weighted by atomic mass is 10.0. The van der Waals surface area contributed by atoms with Crippen LogP contribution in [0.4, 0.5) is 0 Å². The molecule has 4 nitrogen and oxygen atoms in total. The van der Waals surface area contributed by atoms with Gasteiger partial charge in [-0.3, -0.25) is 0 Å². The van der Waals surface area contributed by atoms with Crippen LogP contribution in [0.25, 0.3) is 0 Å². The summed E-state index contributed by atoms with van der Waals surface area (Å²) >= 11 is 1.74. The molecular formula is C15H19N3OS. The second kappa shape index (κ2) is 5.97. The molecule has 1 aliphatic rings. The maximum absolute atomic E-state index is 5.42. The molecule has 20 heavy (non-hydrogen) atoms. The highest BCUT2D eigenvalue weighted by atomic mass is 32.2. The van der Waals surface area contributed by atoms with Crippen LogP contribution >= 0.6 is 11.8 Å². The van der Waals surface area contributed by atoms with Crippen LogP contribution in [0.2, 0.25) is 0 Å². The molecular weight excluding hydrogens is 270 g/mol. The van der Waals surface area contributed by atoms with E-state index in [-0.39, 0.29) is 0 Å². The molecule has 0 radical (unpaired) electrons. The molecule has 1 aliphatic heterocycles. The standard InChI is InChI=1S/C15H19N3OS/c1-10-4-3-5-12(8-10)20-9-14-17-15(19-18-14)13-6-7-16-11(13)2/h3-5,8,11,13,16H,6-7,9H2,1-2H3. The number of benzene rings is 1. The van der Waals surface area contributed by atoms with Gasteiger partial charge in [0.15, 0.2) is 5.82 Å². The summed E-state index contributed by atoms with van der Waals surface area (Å²) in [6.45, 7) is 5.30. The van der Waals surface area contributed by atoms with Crippen molar-refractivity contribution in [1.82, 2.24) is 15.5 Å². The second-order valence-corrected chi connectivity index (χ2v) is 6.34. The van der Waals surface area contributed by atoms with E-state index in [2.05, 4.69) is 53.6 Å². The van der Waals surface area contributed by atoms with Gasteiger partial charge in [0.25, 0.3) is 0 Å². The van der Waals surface area contributed by atoms with Gasteiger partial charge in [0.05, 0.1) is 11.7 Å². The molecule has 1 saturated heterocycles. The summed E-state index contributed by atoms with van der Waals surface area (Å²) in [5.41, 5.74) is 1.27. The van der Waals surface area contributed by atoms with Gasteiger partial charge in [-0.2, -0.15) is 4.98 Å². The van der Waals surface area contributed by atoms with Crippen LogP contribution in [-0.4, -0.2) is 22.7 Å². The number of rotatable bonds is 4. The van der Waals surface area contributed by atoms with Crippen molar-refractivity contribution in [2.45, 2.75) is 42.9 Å². The third-order valence-electron chi connectivity index (χ3n) is 3.68. The maximum atomic E-state index is 5.42. The van der Waals surface area contributed by atoms with Crippen LogP contribution in [0.1, 0.15) is 36.5 Å². The first kappa shape index (κ1) is 13.6. The van der Waals surface area contributed by atoms with Crippen molar-refractivity contribution < 1.29 is 4.52 Å². The van der Waals surface area contributed by atoms with Crippen molar-refractivity contribution in [2.75, 3.05) is 6.54 Å². The summed E-state index contributed by atoms with van der Waals surface area (Å²) in [6.07, 6.45) is 1.08. The number of aromatic nitrogens is 2. The number of aryl methyl sites for hydroxylation is 1. The normalized spacial score (nSPS) is 22.3. The molecule has 0 spiro atoms. The minimum atomic E-state index is 0.361. The summed E-state index contributed by atoms with van der Waals surface area (Å²) < 4.78 is 5.42. The minimum absolute atomic E-state index is 0.361. The first-order chi connectivity index (χ1) is 9.72. The van der Waals surface area contributed by atoms with E-state index in [1.165, 1.54) is 10.5 Å². The Bertz CT molecular complexity index is 584. The lowest BCUT2D eigenvalue weighted by Gasteiger charge is -2.08. The lowest BCUT2D eigenvalue weighted by molar-refractivity contribution is 0.342. The van der Waals surface area contributed by atoms with Crippen molar-refractivity contribution in [3.05, 3.63) is 41.5 Å². The van der Waals surface area contributed by atoms with Gasteiger partial charge in [0, 0.05) is 10.9 Å². The van der Waals surface area contributed by atoms with Crippen molar-refractivity contribution in [3.8, 4) is 0 Å². The average Bonchev–Trinajstić information content (AvgIpc) is 3.05. The quantitative estimate of drug-likeness (QED) is 0.876. The van der Waals surface area contributed by atoms with Gasteiger partial charge < -0.3 is 9.84 Å². The predicted octanol–water partition coefficient (Wildman–Crippen LogP) is 3.14. The fraction of sp³-hybridized carbons (Fsp3) is 0.467. The van der Waals surface area contributed by atoms with E-state index in [9.17, 15) is 0 Å². The van der Waals surface area contributed by atoms with Crippen LogP contribution in [0.3, 0.4) is 0 Å². The largest absolute Gasteiger partial charge is 0.339 e. The molecule has 1 fully saturated rings. The molecule has 2 unspecified atom stereocenters. The Hall–Kier alpha value is -1.33. The van der Waals surface area contributed by atoms with Crippen molar-refractivity contribution in [2.24, 2.45) is 0 Å². The zero-order valence-electron chi connectivity index (χ0n) is 11.8. The van der Waals surface area contributed by atoms with Crippen molar-refractivity contribution >= 4 is 11.8 Å². The molecule has 2 heterocycles. The minimum Gasteiger partial charge on any atom is -0.339 e. The Kier molecular flexibility index (Phi) is 4.08. The van der Waals surface area contributed by atoms with Gasteiger partial charge in [-0.05, 0) is 38.9 Å². The Morgan fingerprint density at radius 2 is 2.35 bits per heavy atom. The van der Waals surface area contributed by atoms with E-state index in [1.807, 2.05) is 0 Å². The number of hydrogen-bond acceptors (Lipinski definition) is 5. The van der Waals surface area contributed by atoms with Gasteiger partial charge >= 0.3 is 0 Å². The van der Waals surface area contributed by atoms with E-state index in [0.29, 0.717) is 12.0 Å². The molecule has 0 amide bonds. The average molecular weight is 289 g/mol. The Morgan fingerprint density at radius 3 is 3.10 bits per heavy atom. The third kappa shape index (κ3) is 3.04. The third-order valence-corrected chi connectivity index (χ3v) is 4.67. The summed E-state index contributed by atoms with van der Waals surface area (Å²) in [7, 11) is 0. The van der Waals surface area contributed by atoms with E-state index in [0.717, 1.165) is 30.4 Å². The predicted molar refractivity (Wildman–Crippen MR) is 79.9 cm³/mol. The molecule has 0 aliphatic carbocycles. The lowest BCUT2D eigenvalue weighted by Crippen LogP contribution is -2.21. The Balaban J connectivity index is 1.63. The SMILES string of the molecule is Cc1cccc(SCc2noc(C3CCNC3C)n2)c1. The highest BCUT2D eigenvalue weighted by molar-refractivity contribution is 7.98. The molecule has 1 aromatic heterocycles. The molecule has 2 atom stereocenters. The van der Waals surface area contributed by atoms with Crippen LogP contribution < -0.4 is 5.32 Å². The van der Waals surface area contributed by atoms with Gasteiger partial charge in [0.1, 0.15) is 0 Å². The van der Waals surface area contributed by atoms with Crippen LogP contribution in [0.5, 0.6) is 0 Å². The fourth-order valence-electron chi connectivity index (χ4n) is 2.53. The summed E-state index contributed by atoms with van der Waals surface area (Å²) in [6, 6.07) is 8.89. The molecule has 106 valence electrons. The molecule has 1 N–H and O–H groups in total. The van der Waals surface area contributed by atoms with Gasteiger partial charge in [-0.15, -0.1) is 11.8 Å². The zero-order chi connectivity index (χ0) is 13.9. The van der Waals surface area contributed by atoms with E-state index < -0.39 is 0 Å². The monoisotopic (exact) mass is 289 g/mol. The molecule has 0 saturated carbocycles. The topological polar surface area (TPSA) is 51.0 Å². The summed E-state index contributed by atoms with van der Waals surface area (Å²) in [5, 5.41) is 7.51. The zero-order valence-corrected chi connectivity index (χ0v) is 12.6. The van der Waals surface area contributed by atoms with Gasteiger partial charge in [-0.25, -0.2) is 0 Å². The Morgan fingerprint density at radius 1 is 1.45 bits per heavy atom.